The third-order valence-electron chi connectivity index (χ3n) is 2.19. The van der Waals surface area contributed by atoms with Gasteiger partial charge in [-0.15, -0.1) is 0 Å². The molecule has 0 radical (unpaired) electrons. The van der Waals surface area contributed by atoms with Crippen LogP contribution in [0.1, 0.15) is 0 Å². The van der Waals surface area contributed by atoms with Gasteiger partial charge < -0.3 is 0 Å². The largest absolute Gasteiger partial charge is 0.200 e. The number of nitrogens with one attached hydrogen (secondary N) is 1. The molecule has 0 fully saturated rings. The molecule has 2 heteroatoms. The van der Waals surface area contributed by atoms with Crippen LogP contribution in [-0.4, -0.2) is 7.05 Å². The molecule has 0 bridgehead atoms. The summed E-state index contributed by atoms with van der Waals surface area (Å²) in [6.45, 7) is 0. The summed E-state index contributed by atoms with van der Waals surface area (Å²) in [6.07, 6.45) is 4.00. The second-order valence-corrected chi connectivity index (χ2v) is 3.08. The predicted molar refractivity (Wildman–Crippen MR) is 57.4 cm³/mol. The SMILES string of the molecule is CN[n+]1ccc(-c2ccccc2)cc1. The summed E-state index contributed by atoms with van der Waals surface area (Å²) in [4.78, 5) is 0. The van der Waals surface area contributed by atoms with E-state index in [1.165, 1.54) is 11.1 Å². The summed E-state index contributed by atoms with van der Waals surface area (Å²) in [6, 6.07) is 14.5. The van der Waals surface area contributed by atoms with E-state index in [2.05, 4.69) is 41.8 Å². The van der Waals surface area contributed by atoms with Crippen molar-refractivity contribution in [2.75, 3.05) is 12.5 Å². The van der Waals surface area contributed by atoms with E-state index in [0.29, 0.717) is 0 Å². The molecule has 0 aliphatic rings. The van der Waals surface area contributed by atoms with Gasteiger partial charge in [0.25, 0.3) is 0 Å². The minimum atomic E-state index is 1.23. The summed E-state index contributed by atoms with van der Waals surface area (Å²) >= 11 is 0. The summed E-state index contributed by atoms with van der Waals surface area (Å²) in [5.41, 5.74) is 5.50. The lowest BCUT2D eigenvalue weighted by molar-refractivity contribution is -0.647. The van der Waals surface area contributed by atoms with Gasteiger partial charge in [-0.3, -0.25) is 0 Å². The Balaban J connectivity index is 2.34. The van der Waals surface area contributed by atoms with Crippen molar-refractivity contribution in [3.63, 3.8) is 0 Å². The van der Waals surface area contributed by atoms with Crippen LogP contribution < -0.4 is 10.1 Å². The zero-order valence-corrected chi connectivity index (χ0v) is 8.14. The van der Waals surface area contributed by atoms with Crippen molar-refractivity contribution in [1.29, 1.82) is 0 Å². The van der Waals surface area contributed by atoms with Gasteiger partial charge in [0.1, 0.15) is 0 Å². The highest BCUT2D eigenvalue weighted by Gasteiger charge is 1.99. The van der Waals surface area contributed by atoms with Crippen LogP contribution in [0.2, 0.25) is 0 Å². The number of nitrogens with zero attached hydrogens (tertiary/aromatic N) is 1. The molecule has 0 saturated heterocycles. The van der Waals surface area contributed by atoms with Crippen molar-refractivity contribution in [2.45, 2.75) is 0 Å². The van der Waals surface area contributed by atoms with Crippen LogP contribution in [0.3, 0.4) is 0 Å². The van der Waals surface area contributed by atoms with Gasteiger partial charge in [-0.05, 0) is 11.1 Å². The van der Waals surface area contributed by atoms with Crippen LogP contribution in [0, 0.1) is 0 Å². The monoisotopic (exact) mass is 185 g/mol. The number of rotatable bonds is 2. The maximum Gasteiger partial charge on any atom is 0.200 e. The van der Waals surface area contributed by atoms with Crippen LogP contribution in [0.5, 0.6) is 0 Å². The Bertz CT molecular complexity index is 392. The van der Waals surface area contributed by atoms with Crippen molar-refractivity contribution in [2.24, 2.45) is 0 Å². The summed E-state index contributed by atoms with van der Waals surface area (Å²) in [5.74, 6) is 0. The van der Waals surface area contributed by atoms with E-state index >= 15 is 0 Å². The van der Waals surface area contributed by atoms with Gasteiger partial charge in [-0.1, -0.05) is 35.0 Å². The molecule has 0 atom stereocenters. The number of benzene rings is 1. The average molecular weight is 185 g/mol. The highest BCUT2D eigenvalue weighted by molar-refractivity contribution is 5.61. The highest BCUT2D eigenvalue weighted by atomic mass is 15.4. The average Bonchev–Trinajstić information content (AvgIpc) is 2.30. The topological polar surface area (TPSA) is 15.9 Å². The van der Waals surface area contributed by atoms with Gasteiger partial charge >= 0.3 is 0 Å². The molecule has 0 saturated carbocycles. The fourth-order valence-corrected chi connectivity index (χ4v) is 1.40. The molecule has 1 N–H and O–H groups in total. The first-order chi connectivity index (χ1) is 6.90. The third kappa shape index (κ3) is 1.74. The first-order valence-electron chi connectivity index (χ1n) is 4.64. The Morgan fingerprint density at radius 2 is 1.43 bits per heavy atom. The summed E-state index contributed by atoms with van der Waals surface area (Å²) < 4.78 is 1.91. The minimum Gasteiger partial charge on any atom is -0.196 e. The Morgan fingerprint density at radius 3 is 2.00 bits per heavy atom. The van der Waals surface area contributed by atoms with Gasteiger partial charge in [0, 0.05) is 12.1 Å². The van der Waals surface area contributed by atoms with Gasteiger partial charge in [0.2, 0.25) is 0 Å². The Hall–Kier alpha value is -1.83. The predicted octanol–water partition coefficient (Wildman–Crippen LogP) is 1.81. The van der Waals surface area contributed by atoms with Gasteiger partial charge in [0.15, 0.2) is 12.4 Å². The standard InChI is InChI=1S/C12H13N2/c1-13-14-9-7-12(8-10-14)11-5-3-2-4-6-11/h2-10,13H,1H3/q+1. The summed E-state index contributed by atoms with van der Waals surface area (Å²) in [7, 11) is 1.89. The second-order valence-electron chi connectivity index (χ2n) is 3.08. The van der Waals surface area contributed by atoms with Crippen LogP contribution in [0.4, 0.5) is 0 Å². The minimum absolute atomic E-state index is 1.23. The molecule has 0 aliphatic heterocycles. The molecule has 0 amide bonds. The Morgan fingerprint density at radius 1 is 0.857 bits per heavy atom. The fraction of sp³-hybridized carbons (Fsp3) is 0.0833. The number of hydrogen-bond acceptors (Lipinski definition) is 1. The zero-order chi connectivity index (χ0) is 9.80. The molecule has 2 aromatic rings. The second kappa shape index (κ2) is 3.92. The molecule has 0 spiro atoms. The Kier molecular flexibility index (Phi) is 2.45. The van der Waals surface area contributed by atoms with Crippen LogP contribution >= 0.6 is 0 Å². The van der Waals surface area contributed by atoms with Crippen molar-refractivity contribution in [3.05, 3.63) is 54.9 Å². The normalized spacial score (nSPS) is 9.79. The molecular formula is C12H13N2+. The van der Waals surface area contributed by atoms with Crippen LogP contribution in [0.15, 0.2) is 54.9 Å². The van der Waals surface area contributed by atoms with E-state index in [4.69, 9.17) is 0 Å². The molecule has 1 aromatic carbocycles. The number of hydrogen-bond donors (Lipinski definition) is 1. The molecule has 2 nitrogen and oxygen atoms in total. The maximum absolute atomic E-state index is 3.02. The van der Waals surface area contributed by atoms with E-state index in [1.807, 2.05) is 30.2 Å². The van der Waals surface area contributed by atoms with E-state index in [-0.39, 0.29) is 0 Å². The van der Waals surface area contributed by atoms with E-state index in [0.717, 1.165) is 0 Å². The van der Waals surface area contributed by atoms with Crippen molar-refractivity contribution < 1.29 is 4.68 Å². The van der Waals surface area contributed by atoms with Crippen molar-refractivity contribution in [1.82, 2.24) is 0 Å². The lowest BCUT2D eigenvalue weighted by Crippen LogP contribution is -2.41. The lowest BCUT2D eigenvalue weighted by atomic mass is 10.1. The van der Waals surface area contributed by atoms with Crippen molar-refractivity contribution >= 4 is 0 Å². The number of pyridine rings is 1. The van der Waals surface area contributed by atoms with E-state index in [9.17, 15) is 0 Å². The van der Waals surface area contributed by atoms with Gasteiger partial charge in [-0.25, -0.2) is 0 Å². The summed E-state index contributed by atoms with van der Waals surface area (Å²) in [5, 5.41) is 0. The zero-order valence-electron chi connectivity index (χ0n) is 8.14. The quantitative estimate of drug-likeness (QED) is 0.706. The molecule has 0 unspecified atom stereocenters. The first-order valence-corrected chi connectivity index (χ1v) is 4.64. The van der Waals surface area contributed by atoms with Crippen LogP contribution in [0.25, 0.3) is 11.1 Å². The smallest absolute Gasteiger partial charge is 0.196 e. The van der Waals surface area contributed by atoms with E-state index < -0.39 is 0 Å². The Labute approximate surface area is 83.8 Å². The first kappa shape index (κ1) is 8.75. The highest BCUT2D eigenvalue weighted by Crippen LogP contribution is 2.16. The van der Waals surface area contributed by atoms with Gasteiger partial charge in [-0.2, -0.15) is 5.43 Å². The van der Waals surface area contributed by atoms with Crippen molar-refractivity contribution in [3.8, 4) is 11.1 Å². The van der Waals surface area contributed by atoms with E-state index in [1.54, 1.807) is 0 Å². The molecule has 1 aromatic heterocycles. The maximum atomic E-state index is 3.02. The lowest BCUT2D eigenvalue weighted by Gasteiger charge is -1.99. The van der Waals surface area contributed by atoms with Gasteiger partial charge in [0.05, 0.1) is 7.05 Å². The molecule has 0 aliphatic carbocycles. The molecule has 2 rings (SSSR count). The molecule has 1 heterocycles. The third-order valence-corrected chi connectivity index (χ3v) is 2.19. The molecule has 14 heavy (non-hydrogen) atoms. The number of aromatic nitrogens is 1. The fourth-order valence-electron chi connectivity index (χ4n) is 1.40. The van der Waals surface area contributed by atoms with Crippen LogP contribution in [-0.2, 0) is 0 Å². The molecule has 70 valence electrons. The molecular weight excluding hydrogens is 172 g/mol.